The normalized spacial score (nSPS) is 22.9. The lowest BCUT2D eigenvalue weighted by Crippen LogP contribution is -2.28. The van der Waals surface area contributed by atoms with Crippen LogP contribution in [0.4, 0.5) is 11.9 Å². The van der Waals surface area contributed by atoms with E-state index >= 15 is 0 Å². The standard InChI is InChI=1S/C13H23N5O/c1-4-9-6-5-7-10(8-9)15-12-16-11(14-2)17-13(18-12)19-3/h9-10H,4-8H2,1-3H3,(H2,14,15,16,17,18). The second-order valence-electron chi connectivity index (χ2n) is 5.00. The Kier molecular flexibility index (Phi) is 4.76. The number of ether oxygens (including phenoxy) is 1. The van der Waals surface area contributed by atoms with E-state index in [1.807, 2.05) is 0 Å². The zero-order chi connectivity index (χ0) is 13.7. The van der Waals surface area contributed by atoms with Crippen molar-refractivity contribution in [3.8, 4) is 6.01 Å². The Morgan fingerprint density at radius 3 is 2.68 bits per heavy atom. The van der Waals surface area contributed by atoms with Gasteiger partial charge in [-0.1, -0.05) is 26.2 Å². The summed E-state index contributed by atoms with van der Waals surface area (Å²) in [6, 6.07) is 0.792. The Morgan fingerprint density at radius 1 is 1.21 bits per heavy atom. The fourth-order valence-corrected chi connectivity index (χ4v) is 2.60. The number of nitrogens with one attached hydrogen (secondary N) is 2. The molecule has 0 aliphatic heterocycles. The van der Waals surface area contributed by atoms with E-state index in [9.17, 15) is 0 Å². The number of hydrogen-bond acceptors (Lipinski definition) is 6. The molecule has 1 aromatic heterocycles. The molecule has 0 saturated heterocycles. The van der Waals surface area contributed by atoms with E-state index in [0.29, 0.717) is 23.9 Å². The van der Waals surface area contributed by atoms with Crippen molar-refractivity contribution >= 4 is 11.9 Å². The monoisotopic (exact) mass is 265 g/mol. The number of methoxy groups -OCH3 is 1. The number of nitrogens with zero attached hydrogens (tertiary/aromatic N) is 3. The van der Waals surface area contributed by atoms with Crippen LogP contribution in [-0.4, -0.2) is 35.2 Å². The zero-order valence-electron chi connectivity index (χ0n) is 11.9. The van der Waals surface area contributed by atoms with E-state index in [4.69, 9.17) is 4.74 Å². The first-order valence-corrected chi connectivity index (χ1v) is 6.99. The lowest BCUT2D eigenvalue weighted by molar-refractivity contribution is 0.326. The minimum atomic E-state index is 0.338. The van der Waals surface area contributed by atoms with Crippen molar-refractivity contribution in [2.24, 2.45) is 5.92 Å². The van der Waals surface area contributed by atoms with Gasteiger partial charge >= 0.3 is 6.01 Å². The molecule has 1 saturated carbocycles. The Bertz CT molecular complexity index is 390. The first-order chi connectivity index (χ1) is 9.25. The molecule has 19 heavy (non-hydrogen) atoms. The van der Waals surface area contributed by atoms with E-state index < -0.39 is 0 Å². The van der Waals surface area contributed by atoms with Crippen molar-refractivity contribution in [1.82, 2.24) is 15.0 Å². The summed E-state index contributed by atoms with van der Waals surface area (Å²) in [5.74, 6) is 1.94. The fourth-order valence-electron chi connectivity index (χ4n) is 2.60. The van der Waals surface area contributed by atoms with Gasteiger partial charge in [-0.3, -0.25) is 0 Å². The first kappa shape index (κ1) is 13.8. The third kappa shape index (κ3) is 3.68. The quantitative estimate of drug-likeness (QED) is 0.851. The Labute approximate surface area is 114 Å². The van der Waals surface area contributed by atoms with Gasteiger partial charge in [0, 0.05) is 13.1 Å². The van der Waals surface area contributed by atoms with Crippen molar-refractivity contribution < 1.29 is 4.74 Å². The molecular weight excluding hydrogens is 242 g/mol. The highest BCUT2D eigenvalue weighted by Crippen LogP contribution is 2.28. The van der Waals surface area contributed by atoms with Crippen molar-refractivity contribution in [3.05, 3.63) is 0 Å². The second kappa shape index (κ2) is 6.54. The zero-order valence-corrected chi connectivity index (χ0v) is 11.9. The first-order valence-electron chi connectivity index (χ1n) is 6.99. The lowest BCUT2D eigenvalue weighted by Gasteiger charge is -2.29. The molecule has 0 bridgehead atoms. The van der Waals surface area contributed by atoms with Crippen LogP contribution in [0, 0.1) is 5.92 Å². The van der Waals surface area contributed by atoms with Gasteiger partial charge in [0.05, 0.1) is 7.11 Å². The van der Waals surface area contributed by atoms with Crippen molar-refractivity contribution in [2.75, 3.05) is 24.8 Å². The maximum absolute atomic E-state index is 5.09. The van der Waals surface area contributed by atoms with E-state index in [0.717, 1.165) is 5.92 Å². The van der Waals surface area contributed by atoms with Gasteiger partial charge in [0.15, 0.2) is 0 Å². The topological polar surface area (TPSA) is 72.0 Å². The van der Waals surface area contributed by atoms with Gasteiger partial charge in [0.2, 0.25) is 11.9 Å². The second-order valence-corrected chi connectivity index (χ2v) is 5.00. The average Bonchev–Trinajstić information content (AvgIpc) is 2.47. The van der Waals surface area contributed by atoms with Crippen LogP contribution in [0.2, 0.25) is 0 Å². The predicted molar refractivity (Wildman–Crippen MR) is 75.6 cm³/mol. The minimum Gasteiger partial charge on any atom is -0.467 e. The molecule has 2 N–H and O–H groups in total. The minimum absolute atomic E-state index is 0.338. The molecule has 1 aliphatic rings. The van der Waals surface area contributed by atoms with Crippen LogP contribution < -0.4 is 15.4 Å². The molecule has 2 rings (SSSR count). The van der Waals surface area contributed by atoms with Crippen LogP contribution in [0.3, 0.4) is 0 Å². The highest BCUT2D eigenvalue weighted by atomic mass is 16.5. The van der Waals surface area contributed by atoms with Crippen molar-refractivity contribution in [3.63, 3.8) is 0 Å². The predicted octanol–water partition coefficient (Wildman–Crippen LogP) is 2.30. The number of rotatable bonds is 5. The van der Waals surface area contributed by atoms with E-state index in [1.54, 1.807) is 14.2 Å². The molecule has 2 unspecified atom stereocenters. The van der Waals surface area contributed by atoms with Crippen molar-refractivity contribution in [2.45, 2.75) is 45.1 Å². The molecule has 0 aromatic carbocycles. The SMILES string of the molecule is CCC1CCCC(Nc2nc(NC)nc(OC)n2)C1. The molecule has 6 nitrogen and oxygen atoms in total. The third-order valence-corrected chi connectivity index (χ3v) is 3.71. The maximum Gasteiger partial charge on any atom is 0.322 e. The molecule has 106 valence electrons. The molecule has 1 aromatic rings. The summed E-state index contributed by atoms with van der Waals surface area (Å²) in [7, 11) is 3.35. The van der Waals surface area contributed by atoms with Gasteiger partial charge in [-0.05, 0) is 18.8 Å². The van der Waals surface area contributed by atoms with E-state index in [-0.39, 0.29) is 0 Å². The third-order valence-electron chi connectivity index (χ3n) is 3.71. The van der Waals surface area contributed by atoms with Gasteiger partial charge in [0.25, 0.3) is 0 Å². The maximum atomic E-state index is 5.09. The van der Waals surface area contributed by atoms with Crippen LogP contribution >= 0.6 is 0 Å². The van der Waals surface area contributed by atoms with Gasteiger partial charge in [-0.25, -0.2) is 0 Å². The largest absolute Gasteiger partial charge is 0.467 e. The molecule has 0 amide bonds. The van der Waals surface area contributed by atoms with Gasteiger partial charge in [0.1, 0.15) is 0 Å². The molecule has 2 atom stereocenters. The molecule has 1 heterocycles. The van der Waals surface area contributed by atoms with Crippen LogP contribution in [0.5, 0.6) is 6.01 Å². The van der Waals surface area contributed by atoms with Gasteiger partial charge < -0.3 is 15.4 Å². The number of aromatic nitrogens is 3. The fraction of sp³-hybridized carbons (Fsp3) is 0.769. The van der Waals surface area contributed by atoms with E-state index in [2.05, 4.69) is 32.5 Å². The Hall–Kier alpha value is -1.59. The molecule has 1 fully saturated rings. The highest BCUT2D eigenvalue weighted by Gasteiger charge is 2.21. The highest BCUT2D eigenvalue weighted by molar-refractivity contribution is 5.36. The van der Waals surface area contributed by atoms with Crippen LogP contribution in [0.25, 0.3) is 0 Å². The summed E-state index contributed by atoms with van der Waals surface area (Å²) in [6.45, 7) is 2.26. The summed E-state index contributed by atoms with van der Waals surface area (Å²) in [5, 5.41) is 6.33. The van der Waals surface area contributed by atoms with Crippen LogP contribution in [0.15, 0.2) is 0 Å². The Balaban J connectivity index is 2.05. The summed E-state index contributed by atoms with van der Waals surface area (Å²) in [5.41, 5.74) is 0. The number of anilines is 2. The molecule has 0 spiro atoms. The van der Waals surface area contributed by atoms with Gasteiger partial charge in [-0.15, -0.1) is 0 Å². The van der Waals surface area contributed by atoms with Gasteiger partial charge in [-0.2, -0.15) is 15.0 Å². The smallest absolute Gasteiger partial charge is 0.322 e. The summed E-state index contributed by atoms with van der Waals surface area (Å²) in [4.78, 5) is 12.7. The lowest BCUT2D eigenvalue weighted by atomic mass is 9.84. The molecule has 6 heteroatoms. The number of hydrogen-bond donors (Lipinski definition) is 2. The van der Waals surface area contributed by atoms with Crippen molar-refractivity contribution in [1.29, 1.82) is 0 Å². The Morgan fingerprint density at radius 2 is 2.00 bits per heavy atom. The molecule has 0 radical (unpaired) electrons. The van der Waals surface area contributed by atoms with E-state index in [1.165, 1.54) is 32.1 Å². The van der Waals surface area contributed by atoms with Crippen LogP contribution in [-0.2, 0) is 0 Å². The summed E-state index contributed by atoms with van der Waals surface area (Å²) >= 11 is 0. The molecule has 1 aliphatic carbocycles. The van der Waals surface area contributed by atoms with Crippen LogP contribution in [0.1, 0.15) is 39.0 Å². The summed E-state index contributed by atoms with van der Waals surface area (Å²) < 4.78 is 5.09. The molecular formula is C13H23N5O. The average molecular weight is 265 g/mol. The summed E-state index contributed by atoms with van der Waals surface area (Å²) in [6.07, 6.45) is 6.24.